The molecule has 0 aromatic heterocycles. The van der Waals surface area contributed by atoms with Gasteiger partial charge in [-0.15, -0.1) is 0 Å². The Morgan fingerprint density at radius 3 is 2.30 bits per heavy atom. The summed E-state index contributed by atoms with van der Waals surface area (Å²) in [5, 5.41) is 2.01. The standard InChI is InChI=1S/C18H10BrF3N2O3/c19-12-4-6-13(7-5-12)24-16(26)14(15(25)23-17(24)27)9-10-2-1-3-11(8-10)18(20,21)22/h1-9H,(H,23,25,27)/b14-9+. The van der Waals surface area contributed by atoms with E-state index in [4.69, 9.17) is 0 Å². The topological polar surface area (TPSA) is 66.5 Å². The number of carbonyl (C=O) groups excluding carboxylic acids is 3. The van der Waals surface area contributed by atoms with Crippen LogP contribution in [0.15, 0.2) is 58.6 Å². The molecule has 0 bridgehead atoms. The van der Waals surface area contributed by atoms with Crippen molar-refractivity contribution in [1.82, 2.24) is 5.32 Å². The Kier molecular flexibility index (Phi) is 4.88. The number of halogens is 4. The molecule has 4 amide bonds. The maximum absolute atomic E-state index is 12.8. The fourth-order valence-corrected chi connectivity index (χ4v) is 2.72. The molecule has 1 aliphatic rings. The minimum Gasteiger partial charge on any atom is -0.273 e. The van der Waals surface area contributed by atoms with Crippen LogP contribution in [0.25, 0.3) is 6.08 Å². The Bertz CT molecular complexity index is 969. The van der Waals surface area contributed by atoms with Crippen LogP contribution in [0.3, 0.4) is 0 Å². The highest BCUT2D eigenvalue weighted by Gasteiger charge is 2.37. The Balaban J connectivity index is 2.01. The Morgan fingerprint density at radius 1 is 1.00 bits per heavy atom. The molecule has 0 aliphatic carbocycles. The van der Waals surface area contributed by atoms with Gasteiger partial charge in [0.15, 0.2) is 0 Å². The van der Waals surface area contributed by atoms with Crippen molar-refractivity contribution in [3.8, 4) is 0 Å². The SMILES string of the molecule is O=C1NC(=O)N(c2ccc(Br)cc2)C(=O)/C1=C/c1cccc(C(F)(F)F)c1. The molecule has 1 fully saturated rings. The van der Waals surface area contributed by atoms with Gasteiger partial charge >= 0.3 is 12.2 Å². The highest BCUT2D eigenvalue weighted by molar-refractivity contribution is 9.10. The van der Waals surface area contributed by atoms with Gasteiger partial charge in [-0.1, -0.05) is 28.1 Å². The number of imide groups is 2. The summed E-state index contributed by atoms with van der Waals surface area (Å²) >= 11 is 3.23. The molecule has 1 saturated heterocycles. The number of hydrogen-bond acceptors (Lipinski definition) is 3. The van der Waals surface area contributed by atoms with Crippen LogP contribution < -0.4 is 10.2 Å². The van der Waals surface area contributed by atoms with E-state index >= 15 is 0 Å². The van der Waals surface area contributed by atoms with Crippen molar-refractivity contribution in [3.05, 3.63) is 69.7 Å². The van der Waals surface area contributed by atoms with E-state index in [1.807, 2.05) is 5.32 Å². The summed E-state index contributed by atoms with van der Waals surface area (Å²) < 4.78 is 39.2. The molecule has 2 aromatic rings. The van der Waals surface area contributed by atoms with E-state index in [0.29, 0.717) is 4.47 Å². The number of barbiturate groups is 1. The molecule has 0 unspecified atom stereocenters. The highest BCUT2D eigenvalue weighted by atomic mass is 79.9. The largest absolute Gasteiger partial charge is 0.416 e. The fraction of sp³-hybridized carbons (Fsp3) is 0.0556. The first-order valence-corrected chi connectivity index (χ1v) is 8.30. The molecule has 1 heterocycles. The highest BCUT2D eigenvalue weighted by Crippen LogP contribution is 2.30. The second-order valence-corrected chi connectivity index (χ2v) is 6.47. The molecule has 138 valence electrons. The molecule has 0 radical (unpaired) electrons. The van der Waals surface area contributed by atoms with Gasteiger partial charge in [0.2, 0.25) is 0 Å². The minimum atomic E-state index is -4.56. The van der Waals surface area contributed by atoms with Crippen molar-refractivity contribution in [2.75, 3.05) is 4.90 Å². The zero-order valence-electron chi connectivity index (χ0n) is 13.4. The molecule has 2 aromatic carbocycles. The zero-order chi connectivity index (χ0) is 19.8. The van der Waals surface area contributed by atoms with Gasteiger partial charge in [-0.25, -0.2) is 9.69 Å². The van der Waals surface area contributed by atoms with Gasteiger partial charge in [-0.3, -0.25) is 14.9 Å². The van der Waals surface area contributed by atoms with Crippen LogP contribution in [0.1, 0.15) is 11.1 Å². The third kappa shape index (κ3) is 3.92. The number of rotatable bonds is 2. The lowest BCUT2D eigenvalue weighted by Gasteiger charge is -2.26. The number of alkyl halides is 3. The third-order valence-corrected chi connectivity index (χ3v) is 4.24. The lowest BCUT2D eigenvalue weighted by Crippen LogP contribution is -2.54. The van der Waals surface area contributed by atoms with Crippen LogP contribution >= 0.6 is 15.9 Å². The molecular weight excluding hydrogens is 429 g/mol. The van der Waals surface area contributed by atoms with Crippen molar-refractivity contribution in [2.45, 2.75) is 6.18 Å². The maximum atomic E-state index is 12.8. The van der Waals surface area contributed by atoms with Gasteiger partial charge in [0.1, 0.15) is 5.57 Å². The molecule has 0 saturated carbocycles. The zero-order valence-corrected chi connectivity index (χ0v) is 15.0. The number of nitrogens with zero attached hydrogens (tertiary/aromatic N) is 1. The summed E-state index contributed by atoms with van der Waals surface area (Å²) in [7, 11) is 0. The van der Waals surface area contributed by atoms with Crippen LogP contribution in [-0.4, -0.2) is 17.8 Å². The lowest BCUT2D eigenvalue weighted by atomic mass is 10.0. The maximum Gasteiger partial charge on any atom is 0.416 e. The lowest BCUT2D eigenvalue weighted by molar-refractivity contribution is -0.137. The van der Waals surface area contributed by atoms with E-state index in [1.165, 1.54) is 18.2 Å². The molecule has 0 spiro atoms. The van der Waals surface area contributed by atoms with E-state index in [0.717, 1.165) is 29.2 Å². The number of benzene rings is 2. The predicted molar refractivity (Wildman–Crippen MR) is 94.6 cm³/mol. The van der Waals surface area contributed by atoms with Crippen molar-refractivity contribution in [3.63, 3.8) is 0 Å². The second-order valence-electron chi connectivity index (χ2n) is 5.56. The van der Waals surface area contributed by atoms with Gasteiger partial charge in [0.05, 0.1) is 11.3 Å². The van der Waals surface area contributed by atoms with Crippen LogP contribution in [-0.2, 0) is 15.8 Å². The molecule has 1 N–H and O–H groups in total. The summed E-state index contributed by atoms with van der Waals surface area (Å²) in [5.41, 5.74) is -1.14. The van der Waals surface area contributed by atoms with E-state index in [9.17, 15) is 27.6 Å². The first-order valence-electron chi connectivity index (χ1n) is 7.51. The Hall–Kier alpha value is -2.94. The molecule has 3 rings (SSSR count). The summed E-state index contributed by atoms with van der Waals surface area (Å²) in [4.78, 5) is 37.5. The first-order chi connectivity index (χ1) is 12.7. The average Bonchev–Trinajstić information content (AvgIpc) is 2.60. The van der Waals surface area contributed by atoms with Crippen molar-refractivity contribution in [2.24, 2.45) is 0 Å². The second kappa shape index (κ2) is 6.99. The molecule has 27 heavy (non-hydrogen) atoms. The van der Waals surface area contributed by atoms with Crippen molar-refractivity contribution < 1.29 is 27.6 Å². The Labute approximate surface area is 159 Å². The monoisotopic (exact) mass is 438 g/mol. The fourth-order valence-electron chi connectivity index (χ4n) is 2.45. The molecule has 9 heteroatoms. The van der Waals surface area contributed by atoms with Crippen molar-refractivity contribution >= 4 is 45.5 Å². The number of carbonyl (C=O) groups is 3. The summed E-state index contributed by atoms with van der Waals surface area (Å²) in [6.07, 6.45) is -3.54. The van der Waals surface area contributed by atoms with Crippen molar-refractivity contribution in [1.29, 1.82) is 0 Å². The van der Waals surface area contributed by atoms with Crippen LogP contribution in [0, 0.1) is 0 Å². The van der Waals surface area contributed by atoms with Gasteiger partial charge < -0.3 is 0 Å². The van der Waals surface area contributed by atoms with E-state index in [2.05, 4.69) is 15.9 Å². The molecule has 1 aliphatic heterocycles. The van der Waals surface area contributed by atoms with Gasteiger partial charge in [-0.05, 0) is 48.0 Å². The normalized spacial score (nSPS) is 16.7. The number of anilines is 1. The van der Waals surface area contributed by atoms with Crippen LogP contribution in [0.5, 0.6) is 0 Å². The number of nitrogens with one attached hydrogen (secondary N) is 1. The van der Waals surface area contributed by atoms with Gasteiger partial charge in [0, 0.05) is 4.47 Å². The molecular formula is C18H10BrF3N2O3. The molecule has 5 nitrogen and oxygen atoms in total. The Morgan fingerprint density at radius 2 is 1.67 bits per heavy atom. The predicted octanol–water partition coefficient (Wildman–Crippen LogP) is 4.13. The van der Waals surface area contributed by atoms with E-state index in [-0.39, 0.29) is 11.3 Å². The van der Waals surface area contributed by atoms with Gasteiger partial charge in [-0.2, -0.15) is 13.2 Å². The van der Waals surface area contributed by atoms with E-state index in [1.54, 1.807) is 12.1 Å². The number of amides is 4. The third-order valence-electron chi connectivity index (χ3n) is 3.71. The smallest absolute Gasteiger partial charge is 0.273 e. The number of urea groups is 1. The van der Waals surface area contributed by atoms with E-state index < -0.39 is 35.2 Å². The average molecular weight is 439 g/mol. The summed E-state index contributed by atoms with van der Waals surface area (Å²) in [5.74, 6) is -1.90. The quantitative estimate of drug-likeness (QED) is 0.566. The first kappa shape index (κ1) is 18.8. The van der Waals surface area contributed by atoms with Gasteiger partial charge in [0.25, 0.3) is 11.8 Å². The number of hydrogen-bond donors (Lipinski definition) is 1. The van der Waals surface area contributed by atoms with Crippen LogP contribution in [0.4, 0.5) is 23.7 Å². The summed E-state index contributed by atoms with van der Waals surface area (Å²) in [6, 6.07) is 9.41. The molecule has 0 atom stereocenters. The summed E-state index contributed by atoms with van der Waals surface area (Å²) in [6.45, 7) is 0. The minimum absolute atomic E-state index is 0.00781. The van der Waals surface area contributed by atoms with Crippen LogP contribution in [0.2, 0.25) is 0 Å².